The zero-order valence-electron chi connectivity index (χ0n) is 3.90. The zero-order chi connectivity index (χ0) is 4.99. The van der Waals surface area contributed by atoms with Crippen LogP contribution in [0.5, 0.6) is 0 Å². The molecular weight excluding hydrogens is 113 g/mol. The van der Waals surface area contributed by atoms with Crippen molar-refractivity contribution in [1.29, 1.82) is 0 Å². The van der Waals surface area contributed by atoms with E-state index >= 15 is 0 Å². The molecule has 0 aliphatic heterocycles. The monoisotopic (exact) mass is 123 g/mol. The molecule has 0 rings (SSSR count). The smallest absolute Gasteiger partial charge is 0.00247 e. The Hall–Kier alpha value is 0.610. The van der Waals surface area contributed by atoms with Gasteiger partial charge in [-0.1, -0.05) is 25.2 Å². The first-order valence-electron chi connectivity index (χ1n) is 2.05. The average molecular weight is 123 g/mol. The van der Waals surface area contributed by atoms with Gasteiger partial charge in [0.05, 0.1) is 0 Å². The quantitative estimate of drug-likeness (QED) is 0.553. The molecule has 0 saturated heterocycles. The predicted octanol–water partition coefficient (Wildman–Crippen LogP) is 0.946. The maximum Gasteiger partial charge on any atom is -0.00247 e. The standard InChI is InChI=1S/C3H10NPS/c1-2-3-5(4)6/h5H,2-3H2,1H3,(H2,4,6). The van der Waals surface area contributed by atoms with E-state index in [1.54, 1.807) is 0 Å². The highest BCUT2D eigenvalue weighted by atomic mass is 32.4. The van der Waals surface area contributed by atoms with Gasteiger partial charge < -0.3 is 5.50 Å². The van der Waals surface area contributed by atoms with Gasteiger partial charge in [0.1, 0.15) is 0 Å². The van der Waals surface area contributed by atoms with Crippen LogP contribution < -0.4 is 5.50 Å². The Labute approximate surface area is 44.4 Å². The molecule has 3 heteroatoms. The number of nitrogens with two attached hydrogens (primary N) is 1. The second kappa shape index (κ2) is 3.79. The third-order valence-corrected chi connectivity index (χ3v) is 2.10. The molecule has 1 atom stereocenters. The first kappa shape index (κ1) is 6.61. The van der Waals surface area contributed by atoms with E-state index in [0.717, 1.165) is 12.6 Å². The molecule has 0 fully saturated rings. The van der Waals surface area contributed by atoms with Gasteiger partial charge in [0.15, 0.2) is 0 Å². The van der Waals surface area contributed by atoms with Gasteiger partial charge in [-0.3, -0.25) is 0 Å². The van der Waals surface area contributed by atoms with Crippen LogP contribution in [0.1, 0.15) is 13.3 Å². The van der Waals surface area contributed by atoms with E-state index in [-0.39, 0.29) is 0 Å². The minimum Gasteiger partial charge on any atom is -0.305 e. The minimum atomic E-state index is -0.802. The van der Waals surface area contributed by atoms with Crippen molar-refractivity contribution >= 4 is 18.7 Å². The third kappa shape index (κ3) is 4.61. The zero-order valence-corrected chi connectivity index (χ0v) is 5.72. The van der Waals surface area contributed by atoms with Crippen LogP contribution in [0, 0.1) is 0 Å². The Balaban J connectivity index is 2.83. The van der Waals surface area contributed by atoms with Crippen molar-refractivity contribution in [3.63, 3.8) is 0 Å². The van der Waals surface area contributed by atoms with Crippen molar-refractivity contribution in [2.24, 2.45) is 5.50 Å². The Bertz CT molecular complexity index is 54.8. The van der Waals surface area contributed by atoms with E-state index in [4.69, 9.17) is 17.3 Å². The lowest BCUT2D eigenvalue weighted by atomic mass is 10.6. The summed E-state index contributed by atoms with van der Waals surface area (Å²) in [7, 11) is 0. The molecule has 0 bridgehead atoms. The van der Waals surface area contributed by atoms with E-state index in [1.807, 2.05) is 0 Å². The van der Waals surface area contributed by atoms with E-state index in [0.29, 0.717) is 0 Å². The number of rotatable bonds is 2. The topological polar surface area (TPSA) is 26.0 Å². The second-order valence-corrected chi connectivity index (χ2v) is 4.22. The Morgan fingerprint density at radius 2 is 2.33 bits per heavy atom. The molecule has 6 heavy (non-hydrogen) atoms. The fraction of sp³-hybridized carbons (Fsp3) is 1.00. The lowest BCUT2D eigenvalue weighted by molar-refractivity contribution is 1.10. The van der Waals surface area contributed by atoms with Crippen molar-refractivity contribution < 1.29 is 0 Å². The lowest BCUT2D eigenvalue weighted by Gasteiger charge is -1.87. The molecular formula is C3H10NPS. The molecule has 1 nitrogen and oxygen atoms in total. The Morgan fingerprint density at radius 1 is 1.83 bits per heavy atom. The highest BCUT2D eigenvalue weighted by molar-refractivity contribution is 8.04. The van der Waals surface area contributed by atoms with Crippen molar-refractivity contribution in [2.45, 2.75) is 13.3 Å². The van der Waals surface area contributed by atoms with E-state index < -0.39 is 6.85 Å². The summed E-state index contributed by atoms with van der Waals surface area (Å²) in [6, 6.07) is 0. The first-order chi connectivity index (χ1) is 2.77. The molecule has 0 radical (unpaired) electrons. The summed E-state index contributed by atoms with van der Waals surface area (Å²) in [5, 5.41) is 0. The van der Waals surface area contributed by atoms with E-state index in [2.05, 4.69) is 6.92 Å². The van der Waals surface area contributed by atoms with Gasteiger partial charge in [0.2, 0.25) is 0 Å². The predicted molar refractivity (Wildman–Crippen MR) is 35.0 cm³/mol. The summed E-state index contributed by atoms with van der Waals surface area (Å²) in [4.78, 5) is 0. The fourth-order valence-electron chi connectivity index (χ4n) is 0.246. The summed E-state index contributed by atoms with van der Waals surface area (Å²) in [5.74, 6) is 0. The summed E-state index contributed by atoms with van der Waals surface area (Å²) >= 11 is 4.76. The van der Waals surface area contributed by atoms with E-state index in [1.165, 1.54) is 0 Å². The van der Waals surface area contributed by atoms with Gasteiger partial charge in [-0.05, 0) is 13.0 Å². The van der Waals surface area contributed by atoms with Crippen LogP contribution in [-0.4, -0.2) is 6.16 Å². The van der Waals surface area contributed by atoms with Crippen molar-refractivity contribution in [2.75, 3.05) is 6.16 Å². The molecule has 0 aromatic carbocycles. The summed E-state index contributed by atoms with van der Waals surface area (Å²) in [5.41, 5.74) is 5.32. The molecule has 0 amide bonds. The van der Waals surface area contributed by atoms with Crippen molar-refractivity contribution in [1.82, 2.24) is 0 Å². The average Bonchev–Trinajstić information content (AvgIpc) is 1.35. The van der Waals surface area contributed by atoms with Gasteiger partial charge in [-0.2, -0.15) is 0 Å². The summed E-state index contributed by atoms with van der Waals surface area (Å²) < 4.78 is 0. The highest BCUT2D eigenvalue weighted by Gasteiger charge is 1.77. The van der Waals surface area contributed by atoms with Gasteiger partial charge in [0, 0.05) is 0 Å². The minimum absolute atomic E-state index is 0.802. The molecule has 0 spiro atoms. The van der Waals surface area contributed by atoms with Crippen LogP contribution in [-0.2, 0) is 11.8 Å². The Morgan fingerprint density at radius 3 is 2.33 bits per heavy atom. The fourth-order valence-corrected chi connectivity index (χ4v) is 1.35. The largest absolute Gasteiger partial charge is 0.305 e. The van der Waals surface area contributed by atoms with Crippen LogP contribution >= 0.6 is 6.85 Å². The lowest BCUT2D eigenvalue weighted by Crippen LogP contribution is -1.80. The molecule has 0 heterocycles. The molecule has 0 aromatic rings. The summed E-state index contributed by atoms with van der Waals surface area (Å²) in [6.45, 7) is 1.30. The molecule has 0 aliphatic carbocycles. The van der Waals surface area contributed by atoms with Gasteiger partial charge >= 0.3 is 0 Å². The van der Waals surface area contributed by atoms with Crippen LogP contribution in [0.3, 0.4) is 0 Å². The molecule has 38 valence electrons. The van der Waals surface area contributed by atoms with Crippen LogP contribution in [0.25, 0.3) is 0 Å². The van der Waals surface area contributed by atoms with Gasteiger partial charge in [0.25, 0.3) is 0 Å². The Kier molecular flexibility index (Phi) is 4.17. The van der Waals surface area contributed by atoms with E-state index in [9.17, 15) is 0 Å². The van der Waals surface area contributed by atoms with Crippen molar-refractivity contribution in [3.05, 3.63) is 0 Å². The molecule has 0 saturated carbocycles. The number of hydrogen-bond donors (Lipinski definition) is 1. The maximum absolute atomic E-state index is 5.32. The van der Waals surface area contributed by atoms with Crippen LogP contribution in [0.2, 0.25) is 0 Å². The van der Waals surface area contributed by atoms with Crippen LogP contribution in [0.4, 0.5) is 0 Å². The third-order valence-electron chi connectivity index (χ3n) is 0.496. The number of hydrogen-bond acceptors (Lipinski definition) is 1. The summed E-state index contributed by atoms with van der Waals surface area (Å²) in [6.07, 6.45) is 2.22. The first-order valence-corrected chi connectivity index (χ1v) is 4.97. The van der Waals surface area contributed by atoms with Crippen LogP contribution in [0.15, 0.2) is 0 Å². The SMILES string of the molecule is CCC[PH](N)=S. The van der Waals surface area contributed by atoms with Gasteiger partial charge in [-0.25, -0.2) is 0 Å². The molecule has 1 unspecified atom stereocenters. The molecule has 0 aliphatic rings. The molecule has 0 aromatic heterocycles. The highest BCUT2D eigenvalue weighted by Crippen LogP contribution is 2.07. The maximum atomic E-state index is 5.32. The van der Waals surface area contributed by atoms with Crippen molar-refractivity contribution in [3.8, 4) is 0 Å². The second-order valence-electron chi connectivity index (χ2n) is 1.22. The molecule has 2 N–H and O–H groups in total. The van der Waals surface area contributed by atoms with Gasteiger partial charge in [-0.15, -0.1) is 0 Å². The normalized spacial score (nSPS) is 14.3.